The molecule has 254 valence electrons. The van der Waals surface area contributed by atoms with E-state index in [1.54, 1.807) is 0 Å². The van der Waals surface area contributed by atoms with Crippen molar-refractivity contribution in [1.29, 1.82) is 0 Å². The van der Waals surface area contributed by atoms with Crippen molar-refractivity contribution in [2.45, 2.75) is 41.0 Å². The van der Waals surface area contributed by atoms with E-state index < -0.39 is 0 Å². The van der Waals surface area contributed by atoms with Crippen LogP contribution in [0.25, 0.3) is 22.3 Å². The van der Waals surface area contributed by atoms with Crippen molar-refractivity contribution >= 4 is 60.3 Å². The lowest BCUT2D eigenvalue weighted by Gasteiger charge is -2.33. The molecular formula is C47H42Br2N2. The molecule has 1 atom stereocenters. The van der Waals surface area contributed by atoms with Gasteiger partial charge in [0, 0.05) is 49.0 Å². The molecule has 2 nitrogen and oxygen atoms in total. The summed E-state index contributed by atoms with van der Waals surface area (Å²) < 4.78 is 2.11. The first-order valence-corrected chi connectivity index (χ1v) is 19.1. The molecule has 0 saturated carbocycles. The highest BCUT2D eigenvalue weighted by Gasteiger charge is 2.22. The minimum Gasteiger partial charge on any atom is -0.314 e. The quantitative estimate of drug-likeness (QED) is 0.151. The molecule has 0 bridgehead atoms. The summed E-state index contributed by atoms with van der Waals surface area (Å²) in [5, 5.41) is 0. The van der Waals surface area contributed by atoms with E-state index in [-0.39, 0.29) is 0 Å². The van der Waals surface area contributed by atoms with Crippen LogP contribution in [0.5, 0.6) is 0 Å². The molecule has 0 heterocycles. The van der Waals surface area contributed by atoms with E-state index in [1.807, 2.05) is 0 Å². The summed E-state index contributed by atoms with van der Waals surface area (Å²) in [4.78, 5) is 4.72. The lowest BCUT2D eigenvalue weighted by molar-refractivity contribution is 0.647. The van der Waals surface area contributed by atoms with Crippen molar-refractivity contribution in [2.75, 3.05) is 9.80 Å². The van der Waals surface area contributed by atoms with Gasteiger partial charge in [0.1, 0.15) is 0 Å². The van der Waals surface area contributed by atoms with Crippen molar-refractivity contribution in [3.8, 4) is 22.3 Å². The third kappa shape index (κ3) is 7.54. The average molecular weight is 795 g/mol. The van der Waals surface area contributed by atoms with Crippen LogP contribution in [-0.4, -0.2) is 0 Å². The highest BCUT2D eigenvalue weighted by Crippen LogP contribution is 2.42. The van der Waals surface area contributed by atoms with Gasteiger partial charge in [0.05, 0.1) is 0 Å². The largest absolute Gasteiger partial charge is 0.314 e. The maximum absolute atomic E-state index is 3.94. The number of allylic oxidation sites excluding steroid dienone is 4. The Morgan fingerprint density at radius 1 is 0.451 bits per heavy atom. The molecule has 4 heteroatoms. The SMILES string of the molecule is CC1=CC=C(N(c2ccc(C)cc2)c2ccc(-c3cc(Br)c(-c4ccc(N(c5ccc(C)cc5)c5ccc(C)cc5)cc4)cc3Br)cc2)C(C)C1. The molecule has 6 aromatic rings. The molecule has 0 fully saturated rings. The fourth-order valence-electron chi connectivity index (χ4n) is 6.89. The van der Waals surface area contributed by atoms with Gasteiger partial charge in [-0.15, -0.1) is 0 Å². The van der Waals surface area contributed by atoms with Gasteiger partial charge < -0.3 is 9.80 Å². The molecule has 0 N–H and O–H groups in total. The number of nitrogens with zero attached hydrogens (tertiary/aromatic N) is 2. The molecule has 0 aliphatic heterocycles. The van der Waals surface area contributed by atoms with Gasteiger partial charge in [-0.1, -0.05) is 128 Å². The summed E-state index contributed by atoms with van der Waals surface area (Å²) in [6.07, 6.45) is 5.62. The van der Waals surface area contributed by atoms with Crippen LogP contribution in [0.1, 0.15) is 37.0 Å². The number of aryl methyl sites for hydroxylation is 3. The van der Waals surface area contributed by atoms with E-state index in [9.17, 15) is 0 Å². The van der Waals surface area contributed by atoms with Gasteiger partial charge in [0.2, 0.25) is 0 Å². The topological polar surface area (TPSA) is 6.48 Å². The van der Waals surface area contributed by atoms with E-state index in [4.69, 9.17) is 0 Å². The lowest BCUT2D eigenvalue weighted by Crippen LogP contribution is -2.23. The molecule has 1 aliphatic carbocycles. The fraction of sp³-hybridized carbons (Fsp3) is 0.149. The summed E-state index contributed by atoms with van der Waals surface area (Å²) in [7, 11) is 0. The second kappa shape index (κ2) is 14.9. The highest BCUT2D eigenvalue weighted by molar-refractivity contribution is 9.11. The average Bonchev–Trinajstić information content (AvgIpc) is 3.13. The van der Waals surface area contributed by atoms with Gasteiger partial charge in [-0.2, -0.15) is 0 Å². The monoisotopic (exact) mass is 792 g/mol. The van der Waals surface area contributed by atoms with Crippen LogP contribution in [0.15, 0.2) is 166 Å². The Balaban J connectivity index is 1.18. The summed E-state index contributed by atoms with van der Waals surface area (Å²) in [5.74, 6) is 0.427. The molecule has 0 spiro atoms. The van der Waals surface area contributed by atoms with E-state index >= 15 is 0 Å². The van der Waals surface area contributed by atoms with Gasteiger partial charge in [-0.3, -0.25) is 0 Å². The lowest BCUT2D eigenvalue weighted by atomic mass is 9.92. The van der Waals surface area contributed by atoms with Crippen molar-refractivity contribution in [3.63, 3.8) is 0 Å². The van der Waals surface area contributed by atoms with Gasteiger partial charge >= 0.3 is 0 Å². The number of halogens is 2. The van der Waals surface area contributed by atoms with E-state index in [0.717, 1.165) is 60.4 Å². The van der Waals surface area contributed by atoms with Crippen LogP contribution in [0, 0.1) is 26.7 Å². The number of anilines is 5. The third-order valence-corrected chi connectivity index (χ3v) is 11.0. The molecule has 0 amide bonds. The summed E-state index contributed by atoms with van der Waals surface area (Å²) in [6.45, 7) is 10.9. The van der Waals surface area contributed by atoms with Crippen LogP contribution in [0.4, 0.5) is 28.4 Å². The highest BCUT2D eigenvalue weighted by atomic mass is 79.9. The molecule has 1 aliphatic rings. The van der Waals surface area contributed by atoms with Crippen molar-refractivity contribution < 1.29 is 0 Å². The Morgan fingerprint density at radius 2 is 0.784 bits per heavy atom. The third-order valence-electron chi connectivity index (χ3n) is 9.74. The first kappa shape index (κ1) is 34.8. The van der Waals surface area contributed by atoms with Crippen molar-refractivity contribution in [2.24, 2.45) is 5.92 Å². The second-order valence-electron chi connectivity index (χ2n) is 13.8. The summed E-state index contributed by atoms with van der Waals surface area (Å²) in [5.41, 5.74) is 16.8. The number of hydrogen-bond donors (Lipinski definition) is 0. The molecule has 7 rings (SSSR count). The molecule has 0 saturated heterocycles. The van der Waals surface area contributed by atoms with E-state index in [1.165, 1.54) is 33.6 Å². The van der Waals surface area contributed by atoms with Gasteiger partial charge in [0.25, 0.3) is 0 Å². The Kier molecular flexibility index (Phi) is 10.2. The van der Waals surface area contributed by atoms with Gasteiger partial charge in [0.15, 0.2) is 0 Å². The Labute approximate surface area is 320 Å². The van der Waals surface area contributed by atoms with E-state index in [0.29, 0.717) is 5.92 Å². The van der Waals surface area contributed by atoms with Gasteiger partial charge in [-0.05, 0) is 135 Å². The Hall–Kier alpha value is -4.64. The maximum Gasteiger partial charge on any atom is 0.0462 e. The predicted molar refractivity (Wildman–Crippen MR) is 226 cm³/mol. The van der Waals surface area contributed by atoms with Crippen LogP contribution in [0.3, 0.4) is 0 Å². The Morgan fingerprint density at radius 3 is 1.14 bits per heavy atom. The Bertz CT molecular complexity index is 2170. The molecular weight excluding hydrogens is 752 g/mol. The molecule has 1 unspecified atom stereocenters. The maximum atomic E-state index is 3.94. The van der Waals surface area contributed by atoms with E-state index in [2.05, 4.69) is 222 Å². The standard InChI is InChI=1S/C47H42Br2N2/c1-31-6-17-38(18-7-31)50(39-19-8-32(2)9-20-39)40-23-13-36(14-24-40)43-29-46(49)44(30-45(43)48)37-15-25-42(26-16-37)51(41-21-10-33(3)11-22-41)47-27-12-34(4)28-35(47)5/h6-27,29-30,35H,28H2,1-5H3. The number of rotatable bonds is 8. The first-order chi connectivity index (χ1) is 24.6. The van der Waals surface area contributed by atoms with Crippen molar-refractivity contribution in [1.82, 2.24) is 0 Å². The normalized spacial score (nSPS) is 14.1. The van der Waals surface area contributed by atoms with Crippen molar-refractivity contribution in [3.05, 3.63) is 183 Å². The summed E-state index contributed by atoms with van der Waals surface area (Å²) in [6, 6.07) is 48.5. The first-order valence-electron chi connectivity index (χ1n) is 17.5. The zero-order chi connectivity index (χ0) is 35.6. The fourth-order valence-corrected chi connectivity index (χ4v) is 8.03. The minimum atomic E-state index is 0.427. The molecule has 51 heavy (non-hydrogen) atoms. The molecule has 0 aromatic heterocycles. The summed E-state index contributed by atoms with van der Waals surface area (Å²) >= 11 is 7.87. The zero-order valence-electron chi connectivity index (χ0n) is 29.8. The van der Waals surface area contributed by atoms with Crippen LogP contribution >= 0.6 is 31.9 Å². The predicted octanol–water partition coefficient (Wildman–Crippen LogP) is 14.9. The second-order valence-corrected chi connectivity index (χ2v) is 15.5. The minimum absolute atomic E-state index is 0.427. The van der Waals surface area contributed by atoms with Crippen LogP contribution in [-0.2, 0) is 0 Å². The van der Waals surface area contributed by atoms with Crippen LogP contribution < -0.4 is 9.80 Å². The smallest absolute Gasteiger partial charge is 0.0462 e. The van der Waals surface area contributed by atoms with Crippen LogP contribution in [0.2, 0.25) is 0 Å². The number of benzene rings is 6. The van der Waals surface area contributed by atoms with Gasteiger partial charge in [-0.25, -0.2) is 0 Å². The molecule has 6 aromatic carbocycles. The number of hydrogen-bond acceptors (Lipinski definition) is 2. The molecule has 0 radical (unpaired) electrons. The zero-order valence-corrected chi connectivity index (χ0v) is 33.0.